The summed E-state index contributed by atoms with van der Waals surface area (Å²) in [5, 5.41) is 0.980. The van der Waals surface area contributed by atoms with Gasteiger partial charge >= 0.3 is 0 Å². The number of aromatic nitrogens is 1. The molecule has 2 aromatic rings. The van der Waals surface area contributed by atoms with Gasteiger partial charge in [0.05, 0.1) is 21.1 Å². The normalized spacial score (nSPS) is 10.5. The van der Waals surface area contributed by atoms with E-state index in [0.29, 0.717) is 21.1 Å². The van der Waals surface area contributed by atoms with Gasteiger partial charge in [-0.25, -0.2) is 0 Å². The van der Waals surface area contributed by atoms with Crippen LogP contribution in [-0.2, 0) is 6.54 Å². The minimum Gasteiger partial charge on any atom is -0.310 e. The highest BCUT2D eigenvalue weighted by atomic mass is 79.9. The number of halogens is 3. The predicted molar refractivity (Wildman–Crippen MR) is 74.0 cm³/mol. The second kappa shape index (κ2) is 5.25. The van der Waals surface area contributed by atoms with Crippen LogP contribution in [0.4, 0.5) is 0 Å². The van der Waals surface area contributed by atoms with E-state index in [9.17, 15) is 4.79 Å². The molecule has 1 aromatic heterocycles. The van der Waals surface area contributed by atoms with Crippen molar-refractivity contribution in [3.05, 3.63) is 67.0 Å². The molecule has 0 aliphatic heterocycles. The van der Waals surface area contributed by atoms with Crippen molar-refractivity contribution in [2.75, 3.05) is 0 Å². The summed E-state index contributed by atoms with van der Waals surface area (Å²) in [6.45, 7) is 0.400. The van der Waals surface area contributed by atoms with Crippen molar-refractivity contribution in [1.82, 2.24) is 4.57 Å². The molecule has 17 heavy (non-hydrogen) atoms. The second-order valence-electron chi connectivity index (χ2n) is 3.50. The van der Waals surface area contributed by atoms with Crippen LogP contribution in [0.1, 0.15) is 5.56 Å². The average Bonchev–Trinajstić information content (AvgIpc) is 2.31. The first-order valence-corrected chi connectivity index (χ1v) is 6.42. The molecule has 0 N–H and O–H groups in total. The molecule has 2 nitrogen and oxygen atoms in total. The van der Waals surface area contributed by atoms with Crippen molar-refractivity contribution in [3.63, 3.8) is 0 Å². The first-order chi connectivity index (χ1) is 8.09. The maximum Gasteiger partial charge on any atom is 0.265 e. The van der Waals surface area contributed by atoms with Gasteiger partial charge in [0.2, 0.25) is 0 Å². The number of hydrogen-bond acceptors (Lipinski definition) is 1. The Labute approximate surface area is 117 Å². The zero-order chi connectivity index (χ0) is 12.4. The van der Waals surface area contributed by atoms with Gasteiger partial charge in [0.15, 0.2) is 0 Å². The highest BCUT2D eigenvalue weighted by molar-refractivity contribution is 9.10. The van der Waals surface area contributed by atoms with Crippen LogP contribution < -0.4 is 5.56 Å². The molecule has 0 spiro atoms. The molecule has 1 aromatic carbocycles. The van der Waals surface area contributed by atoms with E-state index >= 15 is 0 Å². The largest absolute Gasteiger partial charge is 0.310 e. The molecular weight excluding hydrogens is 325 g/mol. The molecule has 88 valence electrons. The molecule has 0 amide bonds. The van der Waals surface area contributed by atoms with Crippen LogP contribution in [0.2, 0.25) is 10.0 Å². The van der Waals surface area contributed by atoms with Crippen molar-refractivity contribution in [2.45, 2.75) is 6.54 Å². The Morgan fingerprint density at radius 3 is 2.71 bits per heavy atom. The lowest BCUT2D eigenvalue weighted by molar-refractivity contribution is 0.755. The Balaban J connectivity index is 2.42. The SMILES string of the molecule is O=c1c(Br)cccn1Cc1cccc(Cl)c1Cl. The van der Waals surface area contributed by atoms with Gasteiger partial charge in [0.25, 0.3) is 5.56 Å². The summed E-state index contributed by atoms with van der Waals surface area (Å²) in [4.78, 5) is 11.8. The molecule has 0 fully saturated rings. The number of benzene rings is 1. The van der Waals surface area contributed by atoms with Crippen LogP contribution in [0.15, 0.2) is 45.8 Å². The van der Waals surface area contributed by atoms with Gasteiger partial charge in [-0.2, -0.15) is 0 Å². The molecule has 2 rings (SSSR count). The highest BCUT2D eigenvalue weighted by Crippen LogP contribution is 2.25. The molecule has 5 heteroatoms. The fourth-order valence-corrected chi connectivity index (χ4v) is 2.25. The molecule has 0 aliphatic rings. The first kappa shape index (κ1) is 12.7. The van der Waals surface area contributed by atoms with Crippen molar-refractivity contribution < 1.29 is 0 Å². The minimum absolute atomic E-state index is 0.0939. The summed E-state index contributed by atoms with van der Waals surface area (Å²) in [6.07, 6.45) is 1.71. The van der Waals surface area contributed by atoms with Crippen LogP contribution in [0.3, 0.4) is 0 Å². The van der Waals surface area contributed by atoms with Gasteiger partial charge < -0.3 is 4.57 Å². The smallest absolute Gasteiger partial charge is 0.265 e. The number of hydrogen-bond donors (Lipinski definition) is 0. The van der Waals surface area contributed by atoms with Gasteiger partial charge in [0.1, 0.15) is 0 Å². The third kappa shape index (κ3) is 2.73. The lowest BCUT2D eigenvalue weighted by Crippen LogP contribution is -2.20. The van der Waals surface area contributed by atoms with E-state index in [2.05, 4.69) is 15.9 Å². The molecule has 0 atom stereocenters. The van der Waals surface area contributed by atoms with Gasteiger partial charge in [-0.05, 0) is 39.7 Å². The Morgan fingerprint density at radius 1 is 1.18 bits per heavy atom. The molecule has 0 saturated carbocycles. The fraction of sp³-hybridized carbons (Fsp3) is 0.0833. The van der Waals surface area contributed by atoms with Crippen LogP contribution in [0, 0.1) is 0 Å². The standard InChI is InChI=1S/C12H8BrCl2NO/c13-9-4-2-6-16(12(9)17)7-8-3-1-5-10(14)11(8)15/h1-6H,7H2. The molecule has 1 heterocycles. The van der Waals surface area contributed by atoms with Crippen molar-refractivity contribution in [1.29, 1.82) is 0 Å². The Hall–Kier alpha value is -0.770. The van der Waals surface area contributed by atoms with Crippen molar-refractivity contribution in [2.24, 2.45) is 0 Å². The zero-order valence-corrected chi connectivity index (χ0v) is 11.8. The summed E-state index contributed by atoms with van der Waals surface area (Å²) >= 11 is 15.2. The van der Waals surface area contributed by atoms with Crippen LogP contribution in [-0.4, -0.2) is 4.57 Å². The average molecular weight is 333 g/mol. The number of nitrogens with zero attached hydrogens (tertiary/aromatic N) is 1. The highest BCUT2D eigenvalue weighted by Gasteiger charge is 2.06. The van der Waals surface area contributed by atoms with Crippen LogP contribution in [0.5, 0.6) is 0 Å². The van der Waals surface area contributed by atoms with E-state index in [1.807, 2.05) is 12.1 Å². The van der Waals surface area contributed by atoms with Gasteiger partial charge in [-0.3, -0.25) is 4.79 Å². The topological polar surface area (TPSA) is 22.0 Å². The van der Waals surface area contributed by atoms with E-state index in [-0.39, 0.29) is 5.56 Å². The van der Waals surface area contributed by atoms with Gasteiger partial charge in [0, 0.05) is 6.20 Å². The lowest BCUT2D eigenvalue weighted by Gasteiger charge is -2.08. The maximum absolute atomic E-state index is 11.8. The summed E-state index contributed by atoms with van der Waals surface area (Å²) in [5.41, 5.74) is 0.725. The van der Waals surface area contributed by atoms with Crippen LogP contribution in [0.25, 0.3) is 0 Å². The van der Waals surface area contributed by atoms with E-state index in [1.54, 1.807) is 29.0 Å². The molecule has 0 aliphatic carbocycles. The minimum atomic E-state index is -0.0939. The van der Waals surface area contributed by atoms with Crippen molar-refractivity contribution in [3.8, 4) is 0 Å². The van der Waals surface area contributed by atoms with Crippen LogP contribution >= 0.6 is 39.1 Å². The number of pyridine rings is 1. The van der Waals surface area contributed by atoms with Crippen molar-refractivity contribution >= 4 is 39.1 Å². The molecule has 0 bridgehead atoms. The Morgan fingerprint density at radius 2 is 1.94 bits per heavy atom. The summed E-state index contributed by atoms with van der Waals surface area (Å²) in [5.74, 6) is 0. The third-order valence-corrected chi connectivity index (χ3v) is 3.81. The predicted octanol–water partition coefficient (Wildman–Crippen LogP) is 3.97. The monoisotopic (exact) mass is 331 g/mol. The third-order valence-electron chi connectivity index (χ3n) is 2.35. The van der Waals surface area contributed by atoms with E-state index in [0.717, 1.165) is 5.56 Å². The van der Waals surface area contributed by atoms with E-state index < -0.39 is 0 Å². The first-order valence-electron chi connectivity index (χ1n) is 4.87. The second-order valence-corrected chi connectivity index (χ2v) is 5.14. The lowest BCUT2D eigenvalue weighted by atomic mass is 10.2. The fourth-order valence-electron chi connectivity index (χ4n) is 1.49. The Bertz CT molecular complexity index is 610. The summed E-state index contributed by atoms with van der Waals surface area (Å²) < 4.78 is 2.10. The molecular formula is C12H8BrCl2NO. The van der Waals surface area contributed by atoms with E-state index in [1.165, 1.54) is 0 Å². The molecule has 0 saturated heterocycles. The quantitative estimate of drug-likeness (QED) is 0.815. The Kier molecular flexibility index (Phi) is 3.92. The van der Waals surface area contributed by atoms with E-state index in [4.69, 9.17) is 23.2 Å². The zero-order valence-electron chi connectivity index (χ0n) is 8.66. The van der Waals surface area contributed by atoms with Gasteiger partial charge in [-0.1, -0.05) is 35.3 Å². The summed E-state index contributed by atoms with van der Waals surface area (Å²) in [6, 6.07) is 8.88. The number of rotatable bonds is 2. The molecule has 0 unspecified atom stereocenters. The van der Waals surface area contributed by atoms with Gasteiger partial charge in [-0.15, -0.1) is 0 Å². The summed E-state index contributed by atoms with van der Waals surface area (Å²) in [7, 11) is 0. The molecule has 0 radical (unpaired) electrons. The maximum atomic E-state index is 11.8.